The summed E-state index contributed by atoms with van der Waals surface area (Å²) in [6.45, 7) is 0.455. The highest BCUT2D eigenvalue weighted by Crippen LogP contribution is 2.60. The fourth-order valence-electron chi connectivity index (χ4n) is 1.01. The zero-order chi connectivity index (χ0) is 12.1. The summed E-state index contributed by atoms with van der Waals surface area (Å²) in [5, 5.41) is 8.97. The van der Waals surface area contributed by atoms with E-state index in [9.17, 15) is 14.0 Å². The number of nitrogens with two attached hydrogens (primary N) is 1. The Balaban J connectivity index is 4.18. The van der Waals surface area contributed by atoms with Crippen LogP contribution in [0.4, 0.5) is 0 Å². The third-order valence-electron chi connectivity index (χ3n) is 1.84. The van der Waals surface area contributed by atoms with E-state index in [1.54, 1.807) is 0 Å². The maximum atomic E-state index is 11.3. The van der Waals surface area contributed by atoms with E-state index in [0.29, 0.717) is 25.8 Å². The number of aliphatic hydroxyl groups excluding tert-OH is 1. The van der Waals surface area contributed by atoms with Crippen molar-refractivity contribution in [2.45, 2.75) is 24.8 Å². The van der Waals surface area contributed by atoms with Crippen molar-refractivity contribution in [3.8, 4) is 0 Å². The van der Waals surface area contributed by atoms with Crippen molar-refractivity contribution in [1.82, 2.24) is 0 Å². The molecular formula is C6H17NO6P2. The molecule has 2 unspecified atom stereocenters. The highest BCUT2D eigenvalue weighted by Gasteiger charge is 2.41. The van der Waals surface area contributed by atoms with Crippen LogP contribution in [-0.4, -0.2) is 38.1 Å². The van der Waals surface area contributed by atoms with Gasteiger partial charge in [0.2, 0.25) is 13.0 Å². The number of rotatable bonds is 7. The fraction of sp³-hybridized carbons (Fsp3) is 1.00. The Morgan fingerprint density at radius 1 is 1.07 bits per heavy atom. The molecule has 0 aliphatic carbocycles. The van der Waals surface area contributed by atoms with Crippen LogP contribution >= 0.6 is 15.0 Å². The van der Waals surface area contributed by atoms with Gasteiger partial charge in [0.25, 0.3) is 0 Å². The van der Waals surface area contributed by atoms with Crippen molar-refractivity contribution >= 4 is 15.0 Å². The van der Waals surface area contributed by atoms with Crippen LogP contribution in [-0.2, 0) is 9.13 Å². The lowest BCUT2D eigenvalue weighted by molar-refractivity contribution is 0.242. The Morgan fingerprint density at radius 3 is 2.00 bits per heavy atom. The second-order valence-corrected chi connectivity index (χ2v) is 7.79. The molecule has 0 aliphatic heterocycles. The second kappa shape index (κ2) is 6.11. The quantitative estimate of drug-likeness (QED) is 0.316. The highest BCUT2D eigenvalue weighted by molar-refractivity contribution is 7.73. The van der Waals surface area contributed by atoms with Gasteiger partial charge in [-0.2, -0.15) is 0 Å². The van der Waals surface area contributed by atoms with E-state index in [1.165, 1.54) is 0 Å². The Bertz CT molecular complexity index is 277. The number of unbranched alkanes of at least 4 members (excludes halogenated alkanes) is 2. The molecule has 0 fully saturated rings. The first-order chi connectivity index (χ1) is 6.72. The first-order valence-electron chi connectivity index (χ1n) is 4.46. The topological polar surface area (TPSA) is 141 Å². The number of hydrogen-bond acceptors (Lipinski definition) is 4. The van der Waals surface area contributed by atoms with Gasteiger partial charge in [0.15, 0.2) is 0 Å². The molecule has 0 spiro atoms. The summed E-state index contributed by atoms with van der Waals surface area (Å²) < 4.78 is 21.9. The van der Waals surface area contributed by atoms with Crippen molar-refractivity contribution in [3.63, 3.8) is 0 Å². The van der Waals surface area contributed by atoms with Crippen molar-refractivity contribution in [2.75, 3.05) is 12.7 Å². The molecule has 0 radical (unpaired) electrons. The smallest absolute Gasteiger partial charge is 0.363 e. The van der Waals surface area contributed by atoms with Gasteiger partial charge >= 0.3 is 7.60 Å². The van der Waals surface area contributed by atoms with Crippen LogP contribution in [0.2, 0.25) is 0 Å². The van der Waals surface area contributed by atoms with Crippen LogP contribution in [0.25, 0.3) is 0 Å². The van der Waals surface area contributed by atoms with E-state index in [-0.39, 0.29) is 6.16 Å². The Kier molecular flexibility index (Phi) is 6.21. The Hall–Kier alpha value is 0.260. The molecule has 92 valence electrons. The van der Waals surface area contributed by atoms with Gasteiger partial charge in [-0.15, -0.1) is 0 Å². The third kappa shape index (κ3) is 5.78. The normalized spacial score (nSPS) is 18.5. The lowest BCUT2D eigenvalue weighted by atomic mass is 10.2. The molecule has 7 nitrogen and oxygen atoms in total. The lowest BCUT2D eigenvalue weighted by Gasteiger charge is -2.18. The van der Waals surface area contributed by atoms with E-state index < -0.39 is 20.6 Å². The average molecular weight is 261 g/mol. The molecule has 2 atom stereocenters. The summed E-state index contributed by atoms with van der Waals surface area (Å²) in [5.74, 6) is 0. The van der Waals surface area contributed by atoms with Crippen molar-refractivity contribution in [2.24, 2.45) is 5.73 Å². The first-order valence-corrected chi connectivity index (χ1v) is 8.06. The molecule has 0 aromatic heterocycles. The van der Waals surface area contributed by atoms with Gasteiger partial charge in [-0.1, -0.05) is 6.42 Å². The minimum absolute atomic E-state index is 0.306. The molecule has 6 N–H and O–H groups in total. The summed E-state index contributed by atoms with van der Waals surface area (Å²) in [6.07, 6.45) is 1.27. The molecule has 15 heavy (non-hydrogen) atoms. The fourth-order valence-corrected chi connectivity index (χ4v) is 4.14. The zero-order valence-electron chi connectivity index (χ0n) is 8.19. The first kappa shape index (κ1) is 15.3. The summed E-state index contributed by atoms with van der Waals surface area (Å²) in [5.41, 5.74) is 2.73. The van der Waals surface area contributed by atoms with Gasteiger partial charge in [0.05, 0.1) is 0 Å². The largest absolute Gasteiger partial charge is 0.372 e. The van der Waals surface area contributed by atoms with E-state index in [2.05, 4.69) is 0 Å². The average Bonchev–Trinajstić information content (AvgIpc) is 2.10. The number of hydrogen-bond donors (Lipinski definition) is 5. The molecule has 0 saturated heterocycles. The van der Waals surface area contributed by atoms with Gasteiger partial charge in [0.1, 0.15) is 0 Å². The van der Waals surface area contributed by atoms with Gasteiger partial charge < -0.3 is 25.5 Å². The van der Waals surface area contributed by atoms with Crippen molar-refractivity contribution in [1.29, 1.82) is 0 Å². The van der Waals surface area contributed by atoms with Crippen molar-refractivity contribution in [3.05, 3.63) is 0 Å². The maximum Gasteiger partial charge on any atom is 0.363 e. The monoisotopic (exact) mass is 261 g/mol. The third-order valence-corrected chi connectivity index (χ3v) is 6.11. The molecule has 0 saturated carbocycles. The molecule has 0 heterocycles. The highest BCUT2D eigenvalue weighted by atomic mass is 31.2. The zero-order valence-corrected chi connectivity index (χ0v) is 9.98. The van der Waals surface area contributed by atoms with Crippen molar-refractivity contribution < 1.29 is 28.9 Å². The molecule has 0 aliphatic rings. The van der Waals surface area contributed by atoms with Gasteiger partial charge in [0, 0.05) is 6.16 Å². The van der Waals surface area contributed by atoms with E-state index in [0.717, 1.165) is 0 Å². The van der Waals surface area contributed by atoms with Gasteiger partial charge in [-0.25, -0.2) is 0 Å². The van der Waals surface area contributed by atoms with Crippen LogP contribution in [0.1, 0.15) is 19.3 Å². The lowest BCUT2D eigenvalue weighted by Crippen LogP contribution is -2.10. The Morgan fingerprint density at radius 2 is 1.60 bits per heavy atom. The summed E-state index contributed by atoms with van der Waals surface area (Å²) in [6, 6.07) is 0. The Labute approximate surface area is 87.9 Å². The van der Waals surface area contributed by atoms with Crippen LogP contribution in [0.5, 0.6) is 0 Å². The predicted octanol–water partition coefficient (Wildman–Crippen LogP) is -0.161. The number of aliphatic hydroxyl groups is 1. The van der Waals surface area contributed by atoms with Crippen LogP contribution < -0.4 is 5.73 Å². The maximum absolute atomic E-state index is 11.3. The van der Waals surface area contributed by atoms with E-state index in [4.69, 9.17) is 20.6 Å². The minimum Gasteiger partial charge on any atom is -0.372 e. The molecule has 9 heteroatoms. The van der Waals surface area contributed by atoms with Crippen LogP contribution in [0.15, 0.2) is 0 Å². The van der Waals surface area contributed by atoms with E-state index >= 15 is 0 Å². The van der Waals surface area contributed by atoms with Gasteiger partial charge in [-0.3, -0.25) is 9.13 Å². The summed E-state index contributed by atoms with van der Waals surface area (Å²) in [4.78, 5) is 26.3. The molecule has 0 aromatic rings. The van der Waals surface area contributed by atoms with Crippen LogP contribution in [0, 0.1) is 0 Å². The molecular weight excluding hydrogens is 244 g/mol. The molecule has 0 rings (SSSR count). The molecule has 0 bridgehead atoms. The summed E-state index contributed by atoms with van der Waals surface area (Å²) >= 11 is 0. The van der Waals surface area contributed by atoms with Gasteiger partial charge in [-0.05, 0) is 19.4 Å². The predicted molar refractivity (Wildman–Crippen MR) is 55.6 cm³/mol. The SMILES string of the molecule is NCCCCCP(=O)(O)C(O)P(=O)(O)O. The summed E-state index contributed by atoms with van der Waals surface area (Å²) in [7, 11) is -9.11. The minimum atomic E-state index is -4.92. The molecule has 0 amide bonds. The van der Waals surface area contributed by atoms with Crippen LogP contribution in [0.3, 0.4) is 0 Å². The second-order valence-electron chi connectivity index (χ2n) is 3.26. The van der Waals surface area contributed by atoms with E-state index in [1.807, 2.05) is 0 Å². The standard InChI is InChI=1S/C6H17NO6P2/c7-4-2-1-3-5-14(9,10)6(8)15(11,12)13/h6,8H,1-5,7H2,(H,9,10)(H2,11,12,13). The molecule has 0 aromatic carbocycles.